The van der Waals surface area contributed by atoms with Crippen molar-refractivity contribution in [3.63, 3.8) is 0 Å². The zero-order valence-corrected chi connectivity index (χ0v) is 10.7. The summed E-state index contributed by atoms with van der Waals surface area (Å²) in [5, 5.41) is 5.33. The van der Waals surface area contributed by atoms with E-state index in [0.29, 0.717) is 6.54 Å². The van der Waals surface area contributed by atoms with Gasteiger partial charge < -0.3 is 15.5 Å². The summed E-state index contributed by atoms with van der Waals surface area (Å²) in [4.78, 5) is 4.38. The van der Waals surface area contributed by atoms with Gasteiger partial charge in [-0.15, -0.1) is 0 Å². The summed E-state index contributed by atoms with van der Waals surface area (Å²) in [6.07, 6.45) is 3.42. The summed E-state index contributed by atoms with van der Waals surface area (Å²) in [5.74, 6) is 1.70. The molecule has 4 nitrogen and oxygen atoms in total. The number of hydrogen-bond acceptors (Lipinski definition) is 4. The quantitative estimate of drug-likeness (QED) is 0.703. The normalized spacial score (nSPS) is 10.8. The third kappa shape index (κ3) is 2.25. The van der Waals surface area contributed by atoms with Crippen LogP contribution in [-0.2, 0) is 6.54 Å². The van der Waals surface area contributed by atoms with E-state index in [4.69, 9.17) is 10.2 Å². The van der Waals surface area contributed by atoms with Crippen LogP contribution in [0.4, 0.5) is 11.5 Å². The number of pyridine rings is 1. The highest BCUT2D eigenvalue weighted by molar-refractivity contribution is 5.99. The molecule has 4 heteroatoms. The first kappa shape index (κ1) is 11.6. The molecule has 2 aromatic heterocycles. The van der Waals surface area contributed by atoms with Crippen molar-refractivity contribution >= 4 is 22.3 Å². The van der Waals surface area contributed by atoms with E-state index in [0.717, 1.165) is 33.6 Å². The van der Waals surface area contributed by atoms with Crippen molar-refractivity contribution < 1.29 is 4.42 Å². The molecule has 2 heterocycles. The molecule has 0 spiro atoms. The van der Waals surface area contributed by atoms with Gasteiger partial charge in [0, 0.05) is 22.7 Å². The molecule has 0 fully saturated rings. The van der Waals surface area contributed by atoms with Crippen molar-refractivity contribution in [2.24, 2.45) is 0 Å². The lowest BCUT2D eigenvalue weighted by molar-refractivity contribution is 0.518. The van der Waals surface area contributed by atoms with Crippen LogP contribution in [-0.4, -0.2) is 4.98 Å². The monoisotopic (exact) mass is 253 g/mol. The molecular formula is C15H15N3O. The first-order chi connectivity index (χ1) is 9.24. The molecule has 0 aliphatic rings. The fourth-order valence-corrected chi connectivity index (χ4v) is 2.19. The first-order valence-electron chi connectivity index (χ1n) is 6.15. The second-order valence-corrected chi connectivity index (χ2v) is 4.54. The van der Waals surface area contributed by atoms with E-state index >= 15 is 0 Å². The fourth-order valence-electron chi connectivity index (χ4n) is 2.19. The summed E-state index contributed by atoms with van der Waals surface area (Å²) in [7, 11) is 0. The van der Waals surface area contributed by atoms with Crippen LogP contribution >= 0.6 is 0 Å². The number of aryl methyl sites for hydroxylation is 1. The van der Waals surface area contributed by atoms with Crippen LogP contribution in [0.15, 0.2) is 47.2 Å². The first-order valence-corrected chi connectivity index (χ1v) is 6.15. The standard InChI is InChI=1S/C15H15N3O/c1-10-7-13-12(14(16)8-10)4-5-17-15(13)18-9-11-3-2-6-19-11/h2-8H,9,16H2,1H3,(H,17,18). The average Bonchev–Trinajstić information content (AvgIpc) is 2.89. The maximum Gasteiger partial charge on any atom is 0.134 e. The van der Waals surface area contributed by atoms with Crippen molar-refractivity contribution in [2.75, 3.05) is 11.1 Å². The van der Waals surface area contributed by atoms with Crippen molar-refractivity contribution in [1.82, 2.24) is 4.98 Å². The largest absolute Gasteiger partial charge is 0.467 e. The van der Waals surface area contributed by atoms with Crippen LogP contribution < -0.4 is 11.1 Å². The van der Waals surface area contributed by atoms with Gasteiger partial charge in [-0.3, -0.25) is 0 Å². The van der Waals surface area contributed by atoms with Gasteiger partial charge in [0.15, 0.2) is 0 Å². The number of nitrogen functional groups attached to an aromatic ring is 1. The number of nitrogens with one attached hydrogen (secondary N) is 1. The van der Waals surface area contributed by atoms with Gasteiger partial charge in [-0.25, -0.2) is 4.98 Å². The number of aromatic nitrogens is 1. The molecular weight excluding hydrogens is 238 g/mol. The Morgan fingerprint density at radius 1 is 1.26 bits per heavy atom. The van der Waals surface area contributed by atoms with Gasteiger partial charge in [0.1, 0.15) is 11.6 Å². The lowest BCUT2D eigenvalue weighted by atomic mass is 10.1. The Balaban J connectivity index is 1.99. The molecule has 0 saturated heterocycles. The van der Waals surface area contributed by atoms with Crippen LogP contribution in [0.5, 0.6) is 0 Å². The lowest BCUT2D eigenvalue weighted by Gasteiger charge is -2.10. The Morgan fingerprint density at radius 3 is 2.95 bits per heavy atom. The molecule has 0 amide bonds. The number of furan rings is 1. The molecule has 0 radical (unpaired) electrons. The second kappa shape index (κ2) is 4.65. The van der Waals surface area contributed by atoms with E-state index in [1.807, 2.05) is 31.2 Å². The maximum absolute atomic E-state index is 6.04. The predicted octanol–water partition coefficient (Wildman–Crippen LogP) is 3.33. The Labute approximate surface area is 111 Å². The summed E-state index contributed by atoms with van der Waals surface area (Å²) in [5.41, 5.74) is 7.94. The highest BCUT2D eigenvalue weighted by Crippen LogP contribution is 2.27. The zero-order valence-electron chi connectivity index (χ0n) is 10.7. The number of fused-ring (bicyclic) bond motifs is 1. The van der Waals surface area contributed by atoms with E-state index in [2.05, 4.69) is 16.4 Å². The third-order valence-electron chi connectivity index (χ3n) is 3.07. The van der Waals surface area contributed by atoms with Gasteiger partial charge in [-0.05, 0) is 42.8 Å². The fraction of sp³-hybridized carbons (Fsp3) is 0.133. The smallest absolute Gasteiger partial charge is 0.134 e. The van der Waals surface area contributed by atoms with Gasteiger partial charge in [0.25, 0.3) is 0 Å². The molecule has 96 valence electrons. The van der Waals surface area contributed by atoms with Crippen LogP contribution in [0.1, 0.15) is 11.3 Å². The lowest BCUT2D eigenvalue weighted by Crippen LogP contribution is -2.01. The highest BCUT2D eigenvalue weighted by atomic mass is 16.3. The van der Waals surface area contributed by atoms with E-state index in [1.54, 1.807) is 12.5 Å². The van der Waals surface area contributed by atoms with E-state index in [9.17, 15) is 0 Å². The Bertz CT molecular complexity index is 705. The third-order valence-corrected chi connectivity index (χ3v) is 3.07. The summed E-state index contributed by atoms with van der Waals surface area (Å²) in [6.45, 7) is 2.63. The number of rotatable bonds is 3. The minimum absolute atomic E-state index is 0.604. The number of hydrogen-bond donors (Lipinski definition) is 2. The van der Waals surface area contributed by atoms with E-state index < -0.39 is 0 Å². The van der Waals surface area contributed by atoms with Gasteiger partial charge in [0.05, 0.1) is 12.8 Å². The molecule has 0 unspecified atom stereocenters. The van der Waals surface area contributed by atoms with E-state index in [1.165, 1.54) is 0 Å². The van der Waals surface area contributed by atoms with Crippen molar-refractivity contribution in [3.8, 4) is 0 Å². The van der Waals surface area contributed by atoms with E-state index in [-0.39, 0.29) is 0 Å². The molecule has 3 rings (SSSR count). The SMILES string of the molecule is Cc1cc(N)c2ccnc(NCc3ccco3)c2c1. The van der Waals surface area contributed by atoms with Crippen LogP contribution in [0.2, 0.25) is 0 Å². The Morgan fingerprint density at radius 2 is 2.16 bits per heavy atom. The second-order valence-electron chi connectivity index (χ2n) is 4.54. The summed E-state index contributed by atoms with van der Waals surface area (Å²) in [6, 6.07) is 9.79. The van der Waals surface area contributed by atoms with Crippen LogP contribution in [0, 0.1) is 6.92 Å². The van der Waals surface area contributed by atoms with Gasteiger partial charge in [-0.2, -0.15) is 0 Å². The van der Waals surface area contributed by atoms with Gasteiger partial charge in [-0.1, -0.05) is 0 Å². The molecule has 0 aliphatic carbocycles. The average molecular weight is 253 g/mol. The summed E-state index contributed by atoms with van der Waals surface area (Å²) < 4.78 is 5.30. The topological polar surface area (TPSA) is 64.1 Å². The molecule has 3 N–H and O–H groups in total. The minimum Gasteiger partial charge on any atom is -0.467 e. The molecule has 0 aliphatic heterocycles. The van der Waals surface area contributed by atoms with Crippen molar-refractivity contribution in [3.05, 3.63) is 54.1 Å². The van der Waals surface area contributed by atoms with Gasteiger partial charge in [0.2, 0.25) is 0 Å². The highest BCUT2D eigenvalue weighted by Gasteiger charge is 2.06. The van der Waals surface area contributed by atoms with Crippen molar-refractivity contribution in [2.45, 2.75) is 13.5 Å². The molecule has 19 heavy (non-hydrogen) atoms. The van der Waals surface area contributed by atoms with Crippen LogP contribution in [0.3, 0.4) is 0 Å². The molecule has 0 saturated carbocycles. The number of anilines is 2. The Hall–Kier alpha value is -2.49. The number of nitrogens with zero attached hydrogens (tertiary/aromatic N) is 1. The van der Waals surface area contributed by atoms with Gasteiger partial charge >= 0.3 is 0 Å². The summed E-state index contributed by atoms with van der Waals surface area (Å²) >= 11 is 0. The molecule has 0 atom stereocenters. The molecule has 1 aromatic carbocycles. The van der Waals surface area contributed by atoms with Crippen LogP contribution in [0.25, 0.3) is 10.8 Å². The molecule has 3 aromatic rings. The predicted molar refractivity (Wildman–Crippen MR) is 76.9 cm³/mol. The Kier molecular flexibility index (Phi) is 2.83. The number of nitrogens with two attached hydrogens (primary N) is 1. The van der Waals surface area contributed by atoms with Crippen molar-refractivity contribution in [1.29, 1.82) is 0 Å². The zero-order chi connectivity index (χ0) is 13.2. The minimum atomic E-state index is 0.604. The number of benzene rings is 1. The molecule has 0 bridgehead atoms. The maximum atomic E-state index is 6.04.